The third-order valence-corrected chi connectivity index (χ3v) is 4.32. The lowest BCUT2D eigenvalue weighted by atomic mass is 9.98. The molecule has 1 aliphatic carbocycles. The molecule has 19 heavy (non-hydrogen) atoms. The summed E-state index contributed by atoms with van der Waals surface area (Å²) >= 11 is 0. The fraction of sp³-hybridized carbons (Fsp3) is 0.714. The first-order chi connectivity index (χ1) is 9.01. The van der Waals surface area contributed by atoms with Crippen molar-refractivity contribution in [1.29, 1.82) is 0 Å². The smallest absolute Gasteiger partial charge is 0.258 e. The van der Waals surface area contributed by atoms with Crippen molar-refractivity contribution < 1.29 is 9.84 Å². The maximum Gasteiger partial charge on any atom is 0.258 e. The van der Waals surface area contributed by atoms with Crippen LogP contribution in [0.1, 0.15) is 63.3 Å². The first-order valence-electron chi connectivity index (χ1n) is 6.90. The van der Waals surface area contributed by atoms with Crippen LogP contribution in [0.3, 0.4) is 0 Å². The number of aromatic nitrogens is 2. The molecule has 0 aromatic carbocycles. The quantitative estimate of drug-likeness (QED) is 0.877. The molecule has 0 radical (unpaired) electrons. The number of ether oxygens (including phenoxy) is 1. The second-order valence-corrected chi connectivity index (χ2v) is 5.42. The predicted molar refractivity (Wildman–Crippen MR) is 72.4 cm³/mol. The zero-order valence-corrected chi connectivity index (χ0v) is 11.8. The molecule has 1 saturated carbocycles. The van der Waals surface area contributed by atoms with Crippen LogP contribution in [0.2, 0.25) is 0 Å². The normalized spacial score (nSPS) is 19.5. The summed E-state index contributed by atoms with van der Waals surface area (Å²) in [5, 5.41) is 10.1. The van der Waals surface area contributed by atoms with Gasteiger partial charge in [-0.25, -0.2) is 0 Å². The Morgan fingerprint density at radius 3 is 2.58 bits per heavy atom. The van der Waals surface area contributed by atoms with Crippen LogP contribution in [0, 0.1) is 0 Å². The average Bonchev–Trinajstić information content (AvgIpc) is 2.90. The number of methoxy groups -OCH3 is 1. The molecule has 1 fully saturated rings. The molecular weight excluding hydrogens is 244 g/mol. The van der Waals surface area contributed by atoms with E-state index in [4.69, 9.17) is 4.74 Å². The lowest BCUT2D eigenvalue weighted by Gasteiger charge is -2.25. The topological polar surface area (TPSA) is 75.2 Å². The number of nitrogens with one attached hydrogen (secondary N) is 1. The van der Waals surface area contributed by atoms with Gasteiger partial charge in [-0.15, -0.1) is 0 Å². The number of nitrogens with zero attached hydrogens (tertiary/aromatic N) is 1. The highest BCUT2D eigenvalue weighted by atomic mass is 16.5. The van der Waals surface area contributed by atoms with Gasteiger partial charge in [0.05, 0.1) is 5.56 Å². The summed E-state index contributed by atoms with van der Waals surface area (Å²) in [4.78, 5) is 19.2. The van der Waals surface area contributed by atoms with Crippen LogP contribution in [0.25, 0.3) is 0 Å². The van der Waals surface area contributed by atoms with E-state index in [2.05, 4.69) is 9.97 Å². The summed E-state index contributed by atoms with van der Waals surface area (Å²) < 4.78 is 5.40. The van der Waals surface area contributed by atoms with Gasteiger partial charge in [-0.2, -0.15) is 4.98 Å². The van der Waals surface area contributed by atoms with Crippen LogP contribution in [-0.2, 0) is 10.3 Å². The number of rotatable bonds is 4. The molecule has 1 aromatic rings. The molecule has 1 atom stereocenters. The minimum absolute atomic E-state index is 0.137. The van der Waals surface area contributed by atoms with Crippen molar-refractivity contribution in [2.75, 3.05) is 7.11 Å². The van der Waals surface area contributed by atoms with E-state index >= 15 is 0 Å². The van der Waals surface area contributed by atoms with E-state index in [1.165, 1.54) is 0 Å². The Bertz CT molecular complexity index is 500. The third kappa shape index (κ3) is 2.52. The van der Waals surface area contributed by atoms with Crippen LogP contribution in [0.5, 0.6) is 5.88 Å². The van der Waals surface area contributed by atoms with Crippen molar-refractivity contribution in [2.45, 2.75) is 57.5 Å². The van der Waals surface area contributed by atoms with Crippen molar-refractivity contribution in [1.82, 2.24) is 9.97 Å². The van der Waals surface area contributed by atoms with Crippen LogP contribution in [0.15, 0.2) is 4.79 Å². The van der Waals surface area contributed by atoms with Gasteiger partial charge in [0.25, 0.3) is 5.56 Å². The monoisotopic (exact) mass is 266 g/mol. The molecule has 5 nitrogen and oxygen atoms in total. The molecule has 106 valence electrons. The summed E-state index contributed by atoms with van der Waals surface area (Å²) in [5.41, 5.74) is -0.466. The second-order valence-electron chi connectivity index (χ2n) is 5.42. The van der Waals surface area contributed by atoms with Crippen LogP contribution in [-0.4, -0.2) is 22.2 Å². The lowest BCUT2D eigenvalue weighted by Crippen LogP contribution is -2.30. The molecule has 0 aliphatic heterocycles. The number of H-pyrrole nitrogens is 1. The lowest BCUT2D eigenvalue weighted by molar-refractivity contribution is -0.00968. The van der Waals surface area contributed by atoms with Gasteiger partial charge in [-0.05, 0) is 32.1 Å². The second kappa shape index (κ2) is 5.33. The standard InChI is InChI=1S/C14H22N2O3/c1-4-14(2,19-3)13-15-11(17)10(12(18)16-13)9-7-5-6-8-9/h9H,4-8H2,1-3H3,(H2,15,16,17,18). The molecule has 0 saturated heterocycles. The van der Waals surface area contributed by atoms with E-state index in [1.54, 1.807) is 7.11 Å². The van der Waals surface area contributed by atoms with Gasteiger partial charge in [-0.1, -0.05) is 19.8 Å². The Balaban J connectivity index is 2.44. The molecule has 1 aromatic heterocycles. The summed E-state index contributed by atoms with van der Waals surface area (Å²) in [6.45, 7) is 3.80. The van der Waals surface area contributed by atoms with Crippen LogP contribution in [0.4, 0.5) is 0 Å². The van der Waals surface area contributed by atoms with Crippen molar-refractivity contribution in [3.63, 3.8) is 0 Å². The fourth-order valence-corrected chi connectivity index (χ4v) is 2.71. The van der Waals surface area contributed by atoms with Crippen LogP contribution < -0.4 is 5.56 Å². The maximum absolute atomic E-state index is 12.2. The highest BCUT2D eigenvalue weighted by Gasteiger charge is 2.30. The van der Waals surface area contributed by atoms with Gasteiger partial charge in [0.1, 0.15) is 11.4 Å². The molecule has 1 aliphatic rings. The fourth-order valence-electron chi connectivity index (χ4n) is 2.71. The van der Waals surface area contributed by atoms with Gasteiger partial charge in [0.2, 0.25) is 5.88 Å². The Morgan fingerprint density at radius 1 is 1.47 bits per heavy atom. The van der Waals surface area contributed by atoms with Crippen molar-refractivity contribution in [3.8, 4) is 5.88 Å². The molecule has 0 bridgehead atoms. The zero-order chi connectivity index (χ0) is 14.0. The Kier molecular flexibility index (Phi) is 3.94. The molecule has 1 heterocycles. The number of hydrogen-bond donors (Lipinski definition) is 2. The van der Waals surface area contributed by atoms with Gasteiger partial charge < -0.3 is 14.8 Å². The minimum atomic E-state index is -0.676. The van der Waals surface area contributed by atoms with Gasteiger partial charge in [0, 0.05) is 7.11 Å². The highest BCUT2D eigenvalue weighted by Crippen LogP contribution is 2.36. The molecular formula is C14H22N2O3. The van der Waals surface area contributed by atoms with E-state index in [0.717, 1.165) is 25.7 Å². The first-order valence-corrected chi connectivity index (χ1v) is 6.90. The number of hydrogen-bond acceptors (Lipinski definition) is 4. The van der Waals surface area contributed by atoms with E-state index < -0.39 is 5.60 Å². The highest BCUT2D eigenvalue weighted by molar-refractivity contribution is 5.28. The summed E-state index contributed by atoms with van der Waals surface area (Å²) in [6, 6.07) is 0. The van der Waals surface area contributed by atoms with E-state index in [-0.39, 0.29) is 17.4 Å². The van der Waals surface area contributed by atoms with Crippen LogP contribution >= 0.6 is 0 Å². The minimum Gasteiger partial charge on any atom is -0.493 e. The summed E-state index contributed by atoms with van der Waals surface area (Å²) in [6.07, 6.45) is 4.78. The predicted octanol–water partition coefficient (Wildman–Crippen LogP) is 2.40. The molecule has 0 amide bonds. The van der Waals surface area contributed by atoms with E-state index in [9.17, 15) is 9.90 Å². The summed E-state index contributed by atoms with van der Waals surface area (Å²) in [5.74, 6) is 0.393. The Morgan fingerprint density at radius 2 is 2.11 bits per heavy atom. The Hall–Kier alpha value is -1.36. The molecule has 2 rings (SSSR count). The number of aromatic amines is 1. The molecule has 0 spiro atoms. The van der Waals surface area contributed by atoms with E-state index in [1.807, 2.05) is 13.8 Å². The summed E-state index contributed by atoms with van der Waals surface area (Å²) in [7, 11) is 1.57. The maximum atomic E-state index is 12.2. The van der Waals surface area contributed by atoms with Gasteiger partial charge >= 0.3 is 0 Å². The number of aromatic hydroxyl groups is 1. The zero-order valence-electron chi connectivity index (χ0n) is 11.8. The average molecular weight is 266 g/mol. The SMILES string of the molecule is CCC(C)(OC)c1nc(O)c(C2CCCC2)c(=O)[nH]1. The van der Waals surface area contributed by atoms with Crippen molar-refractivity contribution >= 4 is 0 Å². The third-order valence-electron chi connectivity index (χ3n) is 4.32. The molecule has 5 heteroatoms. The van der Waals surface area contributed by atoms with Gasteiger partial charge in [0.15, 0.2) is 0 Å². The molecule has 2 N–H and O–H groups in total. The Labute approximate surface area is 113 Å². The van der Waals surface area contributed by atoms with E-state index in [0.29, 0.717) is 17.8 Å². The largest absolute Gasteiger partial charge is 0.493 e. The first kappa shape index (κ1) is 14.1. The van der Waals surface area contributed by atoms with Gasteiger partial charge in [-0.3, -0.25) is 4.79 Å². The van der Waals surface area contributed by atoms with Crippen molar-refractivity contribution in [2.24, 2.45) is 0 Å². The van der Waals surface area contributed by atoms with Crippen molar-refractivity contribution in [3.05, 3.63) is 21.7 Å². The molecule has 1 unspecified atom stereocenters.